The number of pyridine rings is 1. The summed E-state index contributed by atoms with van der Waals surface area (Å²) in [7, 11) is 0. The van der Waals surface area contributed by atoms with Gasteiger partial charge in [0.05, 0.1) is 11.8 Å². The van der Waals surface area contributed by atoms with Crippen molar-refractivity contribution in [3.05, 3.63) is 62.8 Å². The number of hydrogen-bond acceptors (Lipinski definition) is 3. The van der Waals surface area contributed by atoms with Gasteiger partial charge in [0.25, 0.3) is 0 Å². The molecule has 0 amide bonds. The van der Waals surface area contributed by atoms with Gasteiger partial charge < -0.3 is 0 Å². The zero-order valence-corrected chi connectivity index (χ0v) is 12.8. The first kappa shape index (κ1) is 13.9. The van der Waals surface area contributed by atoms with Crippen LogP contribution >= 0.6 is 31.9 Å². The average Bonchev–Trinajstić information content (AvgIpc) is 2.40. The minimum Gasteiger partial charge on any atom is -0.292 e. The molecule has 1 aromatic carbocycles. The summed E-state index contributed by atoms with van der Waals surface area (Å²) in [6, 6.07) is 12.4. The topological polar surface area (TPSA) is 53.8 Å². The molecule has 19 heavy (non-hydrogen) atoms. The zero-order valence-electron chi connectivity index (χ0n) is 9.68. The van der Waals surface area contributed by atoms with E-state index in [-0.39, 0.29) is 5.78 Å². The Balaban J connectivity index is 2.40. The Hall–Kier alpha value is -1.51. The molecular weight excluding hydrogens is 372 g/mol. The van der Waals surface area contributed by atoms with Crippen LogP contribution in [-0.2, 0) is 0 Å². The van der Waals surface area contributed by atoms with E-state index < -0.39 is 5.92 Å². The minimum absolute atomic E-state index is 0.263. The molecule has 0 aliphatic rings. The van der Waals surface area contributed by atoms with Crippen molar-refractivity contribution in [3.8, 4) is 6.07 Å². The number of ketones is 1. The summed E-state index contributed by atoms with van der Waals surface area (Å²) in [5.74, 6) is -1.15. The first-order chi connectivity index (χ1) is 9.13. The van der Waals surface area contributed by atoms with Crippen LogP contribution in [0, 0.1) is 11.3 Å². The second kappa shape index (κ2) is 6.09. The highest BCUT2D eigenvalue weighted by molar-refractivity contribution is 9.11. The molecule has 0 saturated carbocycles. The molecule has 3 nitrogen and oxygen atoms in total. The fourth-order valence-electron chi connectivity index (χ4n) is 1.65. The maximum Gasteiger partial charge on any atom is 0.187 e. The molecular formula is C14H8Br2N2O. The monoisotopic (exact) mass is 378 g/mol. The van der Waals surface area contributed by atoms with E-state index in [1.807, 2.05) is 6.07 Å². The Morgan fingerprint density at radius 2 is 2.05 bits per heavy atom. The van der Waals surface area contributed by atoms with E-state index in [2.05, 4.69) is 36.8 Å². The largest absolute Gasteiger partial charge is 0.292 e. The summed E-state index contributed by atoms with van der Waals surface area (Å²) < 4.78 is 1.52. The molecule has 94 valence electrons. The Bertz CT molecular complexity index is 650. The molecule has 0 aliphatic heterocycles. The zero-order chi connectivity index (χ0) is 13.8. The third-order valence-electron chi connectivity index (χ3n) is 2.57. The lowest BCUT2D eigenvalue weighted by atomic mass is 9.95. The van der Waals surface area contributed by atoms with E-state index in [1.54, 1.807) is 42.6 Å². The van der Waals surface area contributed by atoms with Gasteiger partial charge in [0.2, 0.25) is 0 Å². The molecule has 0 bridgehead atoms. The van der Waals surface area contributed by atoms with Crippen LogP contribution in [0.15, 0.2) is 51.5 Å². The highest BCUT2D eigenvalue weighted by atomic mass is 79.9. The molecule has 0 fully saturated rings. The van der Waals surface area contributed by atoms with Crippen molar-refractivity contribution in [2.75, 3.05) is 0 Å². The molecule has 2 rings (SSSR count). The van der Waals surface area contributed by atoms with E-state index in [1.165, 1.54) is 0 Å². The number of halogens is 2. The van der Waals surface area contributed by atoms with E-state index in [9.17, 15) is 10.1 Å². The highest BCUT2D eigenvalue weighted by Crippen LogP contribution is 2.27. The average molecular weight is 380 g/mol. The third kappa shape index (κ3) is 3.09. The fourth-order valence-corrected chi connectivity index (χ4v) is 2.89. The maximum absolute atomic E-state index is 12.4. The number of Topliss-reactive ketones (excluding diaryl/α,β-unsaturated/α-hetero) is 1. The Morgan fingerprint density at radius 1 is 1.26 bits per heavy atom. The van der Waals surface area contributed by atoms with Gasteiger partial charge in [-0.2, -0.15) is 5.26 Å². The number of nitrogens with zero attached hydrogens (tertiary/aromatic N) is 2. The SMILES string of the molecule is N#CC(C(=O)c1ccc(Br)cc1Br)c1ccccn1. The third-order valence-corrected chi connectivity index (χ3v) is 3.72. The van der Waals surface area contributed by atoms with E-state index in [0.29, 0.717) is 15.7 Å². The summed E-state index contributed by atoms with van der Waals surface area (Å²) >= 11 is 6.66. The smallest absolute Gasteiger partial charge is 0.187 e. The van der Waals surface area contributed by atoms with E-state index in [0.717, 1.165) is 4.47 Å². The minimum atomic E-state index is -0.890. The highest BCUT2D eigenvalue weighted by Gasteiger charge is 2.24. The molecule has 1 unspecified atom stereocenters. The van der Waals surface area contributed by atoms with Crippen LogP contribution < -0.4 is 0 Å². The molecule has 0 radical (unpaired) electrons. The van der Waals surface area contributed by atoms with Gasteiger partial charge in [-0.1, -0.05) is 37.9 Å². The quantitative estimate of drug-likeness (QED) is 0.754. The number of aromatic nitrogens is 1. The lowest BCUT2D eigenvalue weighted by Gasteiger charge is -2.09. The number of carbonyl (C=O) groups is 1. The van der Waals surface area contributed by atoms with Crippen molar-refractivity contribution in [2.45, 2.75) is 5.92 Å². The van der Waals surface area contributed by atoms with E-state index >= 15 is 0 Å². The second-order valence-corrected chi connectivity index (χ2v) is 5.58. The molecule has 0 spiro atoms. The van der Waals surface area contributed by atoms with Crippen LogP contribution in [0.3, 0.4) is 0 Å². The summed E-state index contributed by atoms with van der Waals surface area (Å²) in [6.45, 7) is 0. The summed E-state index contributed by atoms with van der Waals surface area (Å²) in [5.41, 5.74) is 0.935. The van der Waals surface area contributed by atoms with Gasteiger partial charge in [-0.25, -0.2) is 0 Å². The number of benzene rings is 1. The Morgan fingerprint density at radius 3 is 2.63 bits per heavy atom. The molecule has 5 heteroatoms. The number of hydrogen-bond donors (Lipinski definition) is 0. The van der Waals surface area contributed by atoms with Crippen molar-refractivity contribution < 1.29 is 4.79 Å². The van der Waals surface area contributed by atoms with Crippen molar-refractivity contribution >= 4 is 37.6 Å². The lowest BCUT2D eigenvalue weighted by molar-refractivity contribution is 0.0977. The number of carbonyl (C=O) groups excluding carboxylic acids is 1. The standard InChI is InChI=1S/C14H8Br2N2O/c15-9-4-5-10(12(16)7-9)14(19)11(8-17)13-3-1-2-6-18-13/h1-7,11H. The molecule has 1 aromatic heterocycles. The van der Waals surface area contributed by atoms with Crippen LogP contribution in [0.2, 0.25) is 0 Å². The van der Waals surface area contributed by atoms with Crippen molar-refractivity contribution in [3.63, 3.8) is 0 Å². The predicted molar refractivity (Wildman–Crippen MR) is 78.8 cm³/mol. The Kier molecular flexibility index (Phi) is 4.46. The van der Waals surface area contributed by atoms with Gasteiger partial charge in [-0.15, -0.1) is 0 Å². The van der Waals surface area contributed by atoms with Crippen molar-refractivity contribution in [1.29, 1.82) is 5.26 Å². The maximum atomic E-state index is 12.4. The first-order valence-electron chi connectivity index (χ1n) is 5.43. The van der Waals surface area contributed by atoms with Crippen LogP contribution in [0.4, 0.5) is 0 Å². The lowest BCUT2D eigenvalue weighted by Crippen LogP contribution is -2.13. The van der Waals surface area contributed by atoms with Crippen LogP contribution in [-0.4, -0.2) is 10.8 Å². The first-order valence-corrected chi connectivity index (χ1v) is 7.02. The molecule has 0 saturated heterocycles. The van der Waals surface area contributed by atoms with Crippen LogP contribution in [0.1, 0.15) is 22.0 Å². The summed E-state index contributed by atoms with van der Waals surface area (Å²) in [4.78, 5) is 16.5. The summed E-state index contributed by atoms with van der Waals surface area (Å²) in [5, 5.41) is 9.22. The predicted octanol–water partition coefficient (Wildman–Crippen LogP) is 4.10. The van der Waals surface area contributed by atoms with Gasteiger partial charge in [0.1, 0.15) is 0 Å². The van der Waals surface area contributed by atoms with Crippen LogP contribution in [0.5, 0.6) is 0 Å². The Labute approximate surface area is 127 Å². The molecule has 0 aliphatic carbocycles. The second-order valence-electron chi connectivity index (χ2n) is 3.81. The molecule has 1 heterocycles. The molecule has 1 atom stereocenters. The fraction of sp³-hybridized carbons (Fsp3) is 0.0714. The number of nitriles is 1. The van der Waals surface area contributed by atoms with Gasteiger partial charge >= 0.3 is 0 Å². The van der Waals surface area contributed by atoms with Crippen molar-refractivity contribution in [2.24, 2.45) is 0 Å². The van der Waals surface area contributed by atoms with Gasteiger partial charge in [-0.3, -0.25) is 9.78 Å². The molecule has 0 N–H and O–H groups in total. The summed E-state index contributed by atoms with van der Waals surface area (Å²) in [6.07, 6.45) is 1.57. The van der Waals surface area contributed by atoms with Gasteiger partial charge in [0.15, 0.2) is 11.7 Å². The number of rotatable bonds is 3. The molecule has 2 aromatic rings. The van der Waals surface area contributed by atoms with Crippen LogP contribution in [0.25, 0.3) is 0 Å². The van der Waals surface area contributed by atoms with Gasteiger partial charge in [0, 0.05) is 20.7 Å². The van der Waals surface area contributed by atoms with Crippen molar-refractivity contribution in [1.82, 2.24) is 4.98 Å². The van der Waals surface area contributed by atoms with Gasteiger partial charge in [-0.05, 0) is 30.3 Å². The van der Waals surface area contributed by atoms with E-state index in [4.69, 9.17) is 0 Å². The normalized spacial score (nSPS) is 11.6.